The van der Waals surface area contributed by atoms with Crippen molar-refractivity contribution in [3.05, 3.63) is 23.8 Å². The van der Waals surface area contributed by atoms with Crippen LogP contribution < -0.4 is 15.2 Å². The summed E-state index contributed by atoms with van der Waals surface area (Å²) < 4.78 is 21.4. The number of anilines is 1. The lowest BCUT2D eigenvalue weighted by atomic mass is 10.1. The zero-order chi connectivity index (χ0) is 13.2. The Balaban J connectivity index is 2.11. The molecule has 1 aromatic heterocycles. The molecule has 0 radical (unpaired) electrons. The number of ether oxygens (including phenoxy) is 3. The molecule has 2 N–H and O–H groups in total. The van der Waals surface area contributed by atoms with Gasteiger partial charge in [0.1, 0.15) is 18.9 Å². The Morgan fingerprint density at radius 2 is 2.05 bits per heavy atom. The Hall–Kier alpha value is -2.21. The molecule has 19 heavy (non-hydrogen) atoms. The fraction of sp³-hybridized carbons (Fsp3) is 0.308. The predicted molar refractivity (Wildman–Crippen MR) is 68.1 cm³/mol. The zero-order valence-corrected chi connectivity index (χ0v) is 10.5. The molecular formula is C13H14N2O4. The zero-order valence-electron chi connectivity index (χ0n) is 10.5. The van der Waals surface area contributed by atoms with E-state index in [0.717, 1.165) is 11.1 Å². The van der Waals surface area contributed by atoms with Crippen LogP contribution in [0.4, 0.5) is 5.88 Å². The van der Waals surface area contributed by atoms with Gasteiger partial charge in [-0.2, -0.15) is 0 Å². The number of benzene rings is 1. The van der Waals surface area contributed by atoms with Gasteiger partial charge in [0.15, 0.2) is 11.5 Å². The van der Waals surface area contributed by atoms with Crippen LogP contribution in [0.15, 0.2) is 22.7 Å². The number of rotatable bonds is 3. The molecule has 0 atom stereocenters. The monoisotopic (exact) mass is 262 g/mol. The molecule has 1 aromatic carbocycles. The third-order valence-corrected chi connectivity index (χ3v) is 2.87. The van der Waals surface area contributed by atoms with Crippen molar-refractivity contribution in [2.24, 2.45) is 0 Å². The van der Waals surface area contributed by atoms with E-state index >= 15 is 0 Å². The van der Waals surface area contributed by atoms with Gasteiger partial charge in [0, 0.05) is 24.3 Å². The predicted octanol–water partition coefficient (Wildman–Crippen LogP) is 1.84. The third-order valence-electron chi connectivity index (χ3n) is 2.87. The van der Waals surface area contributed by atoms with E-state index < -0.39 is 0 Å². The van der Waals surface area contributed by atoms with Crippen LogP contribution in [0.5, 0.6) is 11.5 Å². The van der Waals surface area contributed by atoms with E-state index in [2.05, 4.69) is 5.16 Å². The summed E-state index contributed by atoms with van der Waals surface area (Å²) >= 11 is 0. The first-order valence-corrected chi connectivity index (χ1v) is 5.92. The Kier molecular flexibility index (Phi) is 3.00. The maximum Gasteiger partial charge on any atom is 0.222 e. The van der Waals surface area contributed by atoms with E-state index in [-0.39, 0.29) is 5.88 Å². The summed E-state index contributed by atoms with van der Waals surface area (Å²) in [6, 6.07) is 5.49. The Labute approximate surface area is 110 Å². The van der Waals surface area contributed by atoms with Crippen molar-refractivity contribution in [2.45, 2.75) is 6.61 Å². The number of aromatic nitrogens is 1. The van der Waals surface area contributed by atoms with E-state index in [4.69, 9.17) is 24.5 Å². The largest absolute Gasteiger partial charge is 0.486 e. The Morgan fingerprint density at radius 1 is 1.26 bits per heavy atom. The van der Waals surface area contributed by atoms with E-state index in [1.807, 2.05) is 12.1 Å². The van der Waals surface area contributed by atoms with Crippen molar-refractivity contribution in [3.63, 3.8) is 0 Å². The molecular weight excluding hydrogens is 248 g/mol. The molecule has 0 fully saturated rings. The highest BCUT2D eigenvalue weighted by Gasteiger charge is 2.22. The molecule has 0 amide bonds. The minimum absolute atomic E-state index is 0.265. The van der Waals surface area contributed by atoms with Crippen LogP contribution in [-0.2, 0) is 11.3 Å². The summed E-state index contributed by atoms with van der Waals surface area (Å²) in [5.74, 6) is 1.63. The van der Waals surface area contributed by atoms with E-state index in [9.17, 15) is 0 Å². The number of hydrogen-bond acceptors (Lipinski definition) is 6. The molecule has 1 aliphatic rings. The Bertz CT molecular complexity index is 594. The number of nitrogens with zero attached hydrogens (tertiary/aromatic N) is 1. The van der Waals surface area contributed by atoms with Crippen LogP contribution in [0.3, 0.4) is 0 Å². The average Bonchev–Trinajstić information content (AvgIpc) is 2.86. The number of nitrogen functional groups attached to an aromatic ring is 1. The maximum absolute atomic E-state index is 5.70. The number of hydrogen-bond donors (Lipinski definition) is 1. The molecule has 0 saturated carbocycles. The normalized spacial score (nSPS) is 13.5. The first kappa shape index (κ1) is 11.9. The van der Waals surface area contributed by atoms with Crippen LogP contribution in [-0.4, -0.2) is 25.5 Å². The lowest BCUT2D eigenvalue weighted by molar-refractivity contribution is 0.153. The first-order valence-electron chi connectivity index (χ1n) is 5.92. The van der Waals surface area contributed by atoms with Gasteiger partial charge in [0.2, 0.25) is 5.88 Å². The molecule has 100 valence electrons. The fourth-order valence-corrected chi connectivity index (χ4v) is 2.08. The quantitative estimate of drug-likeness (QED) is 0.909. The highest BCUT2D eigenvalue weighted by molar-refractivity contribution is 5.73. The molecule has 0 aliphatic carbocycles. The minimum atomic E-state index is 0.265. The summed E-state index contributed by atoms with van der Waals surface area (Å²) in [6.45, 7) is 1.49. The second-order valence-electron chi connectivity index (χ2n) is 4.17. The van der Waals surface area contributed by atoms with E-state index in [1.165, 1.54) is 0 Å². The van der Waals surface area contributed by atoms with Crippen LogP contribution in [0.2, 0.25) is 0 Å². The van der Waals surface area contributed by atoms with Crippen molar-refractivity contribution in [1.82, 2.24) is 5.16 Å². The van der Waals surface area contributed by atoms with Crippen molar-refractivity contribution in [1.29, 1.82) is 0 Å². The topological polar surface area (TPSA) is 79.7 Å². The van der Waals surface area contributed by atoms with Gasteiger partial charge in [-0.3, -0.25) is 0 Å². The van der Waals surface area contributed by atoms with Gasteiger partial charge < -0.3 is 24.5 Å². The molecule has 1 aliphatic heterocycles. The van der Waals surface area contributed by atoms with Gasteiger partial charge in [0.25, 0.3) is 0 Å². The first-order chi connectivity index (χ1) is 9.29. The molecule has 0 unspecified atom stereocenters. The van der Waals surface area contributed by atoms with Crippen molar-refractivity contribution in [2.75, 3.05) is 26.1 Å². The molecule has 0 spiro atoms. The molecule has 3 rings (SSSR count). The van der Waals surface area contributed by atoms with Crippen LogP contribution in [0, 0.1) is 0 Å². The second kappa shape index (κ2) is 4.81. The summed E-state index contributed by atoms with van der Waals surface area (Å²) in [7, 11) is 1.64. The highest BCUT2D eigenvalue weighted by Crippen LogP contribution is 2.42. The van der Waals surface area contributed by atoms with Gasteiger partial charge in [-0.1, -0.05) is 11.2 Å². The van der Waals surface area contributed by atoms with Gasteiger partial charge in [-0.25, -0.2) is 0 Å². The standard InChI is InChI=1S/C13H14N2O4/c1-16-7-8-2-3-9(10-6-11(14)19-15-10)13-12(8)17-4-5-18-13/h2-3,6H,4-5,7,14H2,1H3. The van der Waals surface area contributed by atoms with E-state index in [0.29, 0.717) is 37.0 Å². The Morgan fingerprint density at radius 3 is 2.74 bits per heavy atom. The van der Waals surface area contributed by atoms with Crippen LogP contribution in [0.1, 0.15) is 5.56 Å². The number of nitrogens with two attached hydrogens (primary N) is 1. The lowest BCUT2D eigenvalue weighted by Crippen LogP contribution is -2.17. The second-order valence-corrected chi connectivity index (χ2v) is 4.17. The molecule has 6 heteroatoms. The summed E-state index contributed by atoms with van der Waals surface area (Å²) in [5, 5.41) is 3.90. The maximum atomic E-state index is 5.70. The van der Waals surface area contributed by atoms with Crippen molar-refractivity contribution >= 4 is 5.88 Å². The van der Waals surface area contributed by atoms with Gasteiger partial charge in [0.05, 0.1) is 6.61 Å². The fourth-order valence-electron chi connectivity index (χ4n) is 2.08. The molecule has 0 bridgehead atoms. The summed E-state index contributed by atoms with van der Waals surface area (Å²) in [4.78, 5) is 0. The third kappa shape index (κ3) is 2.10. The smallest absolute Gasteiger partial charge is 0.222 e. The molecule has 2 heterocycles. The number of methoxy groups -OCH3 is 1. The van der Waals surface area contributed by atoms with Crippen LogP contribution >= 0.6 is 0 Å². The minimum Gasteiger partial charge on any atom is -0.486 e. The lowest BCUT2D eigenvalue weighted by Gasteiger charge is -2.22. The average molecular weight is 262 g/mol. The molecule has 0 saturated heterocycles. The van der Waals surface area contributed by atoms with Crippen LogP contribution in [0.25, 0.3) is 11.3 Å². The van der Waals surface area contributed by atoms with Crippen molar-refractivity contribution in [3.8, 4) is 22.8 Å². The van der Waals surface area contributed by atoms with Crippen molar-refractivity contribution < 1.29 is 18.7 Å². The van der Waals surface area contributed by atoms with Gasteiger partial charge >= 0.3 is 0 Å². The van der Waals surface area contributed by atoms with E-state index in [1.54, 1.807) is 13.2 Å². The summed E-state index contributed by atoms with van der Waals surface area (Å²) in [5.41, 5.74) is 7.92. The van der Waals surface area contributed by atoms with Gasteiger partial charge in [-0.05, 0) is 6.07 Å². The van der Waals surface area contributed by atoms with Gasteiger partial charge in [-0.15, -0.1) is 0 Å². The number of fused-ring (bicyclic) bond motifs is 1. The summed E-state index contributed by atoms with van der Waals surface area (Å²) in [6.07, 6.45) is 0. The molecule has 6 nitrogen and oxygen atoms in total. The molecule has 2 aromatic rings. The SMILES string of the molecule is COCc1ccc(-c2cc(N)on2)c2c1OCCO2. The highest BCUT2D eigenvalue weighted by atomic mass is 16.6.